The highest BCUT2D eigenvalue weighted by atomic mass is 35.5. The van der Waals surface area contributed by atoms with Crippen LogP contribution < -0.4 is 10.6 Å². The van der Waals surface area contributed by atoms with Crippen LogP contribution in [0.1, 0.15) is 23.1 Å². The standard InChI is InChI=1S/C19H18ClN5O2/c1-11(21-19(27)14-3-7-15(20)8-4-14)18(26)23-16-9-5-13(6-10-16)17-22-12(2)24-25-17/h3-11H,1-2H3,(H,21,27)(H,23,26)(H,22,24,25)/t11-/m1/s1. The Kier molecular flexibility index (Phi) is 5.52. The summed E-state index contributed by atoms with van der Waals surface area (Å²) in [5, 5.41) is 12.8. The van der Waals surface area contributed by atoms with Gasteiger partial charge in [0.1, 0.15) is 11.9 Å². The summed E-state index contributed by atoms with van der Waals surface area (Å²) in [5.41, 5.74) is 1.91. The van der Waals surface area contributed by atoms with Gasteiger partial charge in [-0.1, -0.05) is 11.6 Å². The first-order chi connectivity index (χ1) is 12.9. The molecule has 138 valence electrons. The van der Waals surface area contributed by atoms with Crippen LogP contribution in [-0.2, 0) is 4.79 Å². The highest BCUT2D eigenvalue weighted by Crippen LogP contribution is 2.18. The van der Waals surface area contributed by atoms with E-state index in [0.717, 1.165) is 5.56 Å². The van der Waals surface area contributed by atoms with Crippen LogP contribution in [0.2, 0.25) is 5.02 Å². The minimum atomic E-state index is -0.704. The van der Waals surface area contributed by atoms with Crippen LogP contribution in [0.25, 0.3) is 11.4 Å². The van der Waals surface area contributed by atoms with Crippen LogP contribution in [-0.4, -0.2) is 33.0 Å². The summed E-state index contributed by atoms with van der Waals surface area (Å²) in [7, 11) is 0. The molecule has 27 heavy (non-hydrogen) atoms. The normalized spacial score (nSPS) is 11.7. The van der Waals surface area contributed by atoms with Crippen LogP contribution in [0.5, 0.6) is 0 Å². The number of nitrogens with zero attached hydrogens (tertiary/aromatic N) is 2. The van der Waals surface area contributed by atoms with Gasteiger partial charge in [0, 0.05) is 21.8 Å². The van der Waals surface area contributed by atoms with Crippen molar-refractivity contribution in [2.24, 2.45) is 0 Å². The number of nitrogens with one attached hydrogen (secondary N) is 3. The molecule has 0 spiro atoms. The maximum absolute atomic E-state index is 12.3. The van der Waals surface area contributed by atoms with E-state index in [1.165, 1.54) is 0 Å². The van der Waals surface area contributed by atoms with Crippen molar-refractivity contribution in [1.82, 2.24) is 20.5 Å². The van der Waals surface area contributed by atoms with Crippen molar-refractivity contribution in [1.29, 1.82) is 0 Å². The van der Waals surface area contributed by atoms with Crippen LogP contribution in [0, 0.1) is 6.92 Å². The molecule has 0 saturated heterocycles. The monoisotopic (exact) mass is 383 g/mol. The van der Waals surface area contributed by atoms with E-state index in [4.69, 9.17) is 11.6 Å². The van der Waals surface area contributed by atoms with Crippen LogP contribution in [0.3, 0.4) is 0 Å². The topological polar surface area (TPSA) is 99.8 Å². The molecule has 3 rings (SSSR count). The third-order valence-electron chi connectivity index (χ3n) is 3.87. The first-order valence-electron chi connectivity index (χ1n) is 8.29. The van der Waals surface area contributed by atoms with E-state index in [0.29, 0.717) is 27.9 Å². The molecule has 7 nitrogen and oxygen atoms in total. The molecular formula is C19H18ClN5O2. The van der Waals surface area contributed by atoms with E-state index in [2.05, 4.69) is 25.8 Å². The first-order valence-corrected chi connectivity index (χ1v) is 8.67. The lowest BCUT2D eigenvalue weighted by atomic mass is 10.2. The van der Waals surface area contributed by atoms with Crippen LogP contribution in [0.15, 0.2) is 48.5 Å². The van der Waals surface area contributed by atoms with Gasteiger partial charge in [-0.15, -0.1) is 0 Å². The minimum Gasteiger partial charge on any atom is -0.341 e. The lowest BCUT2D eigenvalue weighted by Crippen LogP contribution is -2.41. The highest BCUT2D eigenvalue weighted by molar-refractivity contribution is 6.30. The van der Waals surface area contributed by atoms with Crippen molar-refractivity contribution in [2.75, 3.05) is 5.32 Å². The Morgan fingerprint density at radius 2 is 1.74 bits per heavy atom. The minimum absolute atomic E-state index is 0.319. The lowest BCUT2D eigenvalue weighted by molar-refractivity contribution is -0.117. The molecule has 1 aromatic heterocycles. The van der Waals surface area contributed by atoms with Crippen molar-refractivity contribution in [3.8, 4) is 11.4 Å². The molecule has 1 heterocycles. The number of carbonyl (C=O) groups is 2. The molecule has 0 bridgehead atoms. The number of rotatable bonds is 5. The quantitative estimate of drug-likeness (QED) is 0.629. The Morgan fingerprint density at radius 3 is 2.33 bits per heavy atom. The number of H-pyrrole nitrogens is 1. The van der Waals surface area contributed by atoms with Crippen molar-refractivity contribution < 1.29 is 9.59 Å². The number of aryl methyl sites for hydroxylation is 1. The second kappa shape index (κ2) is 8.01. The molecule has 0 aliphatic heterocycles. The molecule has 1 atom stereocenters. The Morgan fingerprint density at radius 1 is 1.07 bits per heavy atom. The molecule has 0 fully saturated rings. The molecule has 3 aromatic rings. The molecule has 0 aliphatic rings. The Labute approximate surface area is 161 Å². The number of halogens is 1. The molecule has 0 saturated carbocycles. The zero-order valence-electron chi connectivity index (χ0n) is 14.8. The summed E-state index contributed by atoms with van der Waals surface area (Å²) < 4.78 is 0. The van der Waals surface area contributed by atoms with Gasteiger partial charge in [0.25, 0.3) is 5.91 Å². The third kappa shape index (κ3) is 4.71. The van der Waals surface area contributed by atoms with E-state index in [9.17, 15) is 9.59 Å². The summed E-state index contributed by atoms with van der Waals surface area (Å²) in [6.07, 6.45) is 0. The van der Waals surface area contributed by atoms with Gasteiger partial charge in [0.15, 0.2) is 5.82 Å². The van der Waals surface area contributed by atoms with E-state index in [1.807, 2.05) is 12.1 Å². The number of hydrogen-bond acceptors (Lipinski definition) is 4. The predicted molar refractivity (Wildman–Crippen MR) is 104 cm³/mol. The number of carbonyl (C=O) groups excluding carboxylic acids is 2. The number of amides is 2. The Bertz CT molecular complexity index is 951. The van der Waals surface area contributed by atoms with Crippen molar-refractivity contribution in [3.05, 3.63) is 64.9 Å². The Balaban J connectivity index is 1.59. The van der Waals surface area contributed by atoms with Gasteiger partial charge in [-0.2, -0.15) is 5.10 Å². The lowest BCUT2D eigenvalue weighted by Gasteiger charge is -2.14. The van der Waals surface area contributed by atoms with Crippen molar-refractivity contribution in [2.45, 2.75) is 19.9 Å². The van der Waals surface area contributed by atoms with Gasteiger partial charge in [-0.3, -0.25) is 14.7 Å². The second-order valence-electron chi connectivity index (χ2n) is 6.00. The van der Waals surface area contributed by atoms with Gasteiger partial charge >= 0.3 is 0 Å². The zero-order valence-corrected chi connectivity index (χ0v) is 15.5. The van der Waals surface area contributed by atoms with Gasteiger partial charge in [-0.05, 0) is 62.4 Å². The molecule has 8 heteroatoms. The van der Waals surface area contributed by atoms with Gasteiger partial charge in [0.2, 0.25) is 5.91 Å². The number of anilines is 1. The van der Waals surface area contributed by atoms with E-state index >= 15 is 0 Å². The molecule has 2 aromatic carbocycles. The number of benzene rings is 2. The fourth-order valence-electron chi connectivity index (χ4n) is 2.38. The van der Waals surface area contributed by atoms with Gasteiger partial charge < -0.3 is 10.6 Å². The summed E-state index contributed by atoms with van der Waals surface area (Å²) in [6, 6.07) is 12.9. The maximum Gasteiger partial charge on any atom is 0.251 e. The molecule has 3 N–H and O–H groups in total. The summed E-state index contributed by atoms with van der Waals surface area (Å²) in [4.78, 5) is 28.7. The SMILES string of the molecule is Cc1n[nH]c(-c2ccc(NC(=O)[C@@H](C)NC(=O)c3ccc(Cl)cc3)cc2)n1. The molecule has 0 radical (unpaired) electrons. The number of hydrogen-bond donors (Lipinski definition) is 3. The van der Waals surface area contributed by atoms with E-state index in [1.54, 1.807) is 50.2 Å². The smallest absolute Gasteiger partial charge is 0.251 e. The average Bonchev–Trinajstić information content (AvgIpc) is 3.09. The van der Waals surface area contributed by atoms with Crippen LogP contribution in [0.4, 0.5) is 5.69 Å². The van der Waals surface area contributed by atoms with Crippen molar-refractivity contribution >= 4 is 29.1 Å². The highest BCUT2D eigenvalue weighted by Gasteiger charge is 2.17. The second-order valence-corrected chi connectivity index (χ2v) is 6.44. The van der Waals surface area contributed by atoms with Crippen LogP contribution >= 0.6 is 11.6 Å². The number of aromatic amines is 1. The largest absolute Gasteiger partial charge is 0.341 e. The molecular weight excluding hydrogens is 366 g/mol. The van der Waals surface area contributed by atoms with Gasteiger partial charge in [0.05, 0.1) is 0 Å². The first kappa shape index (κ1) is 18.6. The molecule has 0 unspecified atom stereocenters. The fraction of sp³-hybridized carbons (Fsp3) is 0.158. The molecule has 0 aliphatic carbocycles. The number of aromatic nitrogens is 3. The van der Waals surface area contributed by atoms with Crippen molar-refractivity contribution in [3.63, 3.8) is 0 Å². The molecule has 2 amide bonds. The zero-order chi connectivity index (χ0) is 19.4. The Hall–Kier alpha value is -3.19. The van der Waals surface area contributed by atoms with E-state index < -0.39 is 6.04 Å². The fourth-order valence-corrected chi connectivity index (χ4v) is 2.51. The van der Waals surface area contributed by atoms with E-state index in [-0.39, 0.29) is 11.8 Å². The van der Waals surface area contributed by atoms with Gasteiger partial charge in [-0.25, -0.2) is 4.98 Å². The summed E-state index contributed by atoms with van der Waals surface area (Å²) >= 11 is 5.81. The summed E-state index contributed by atoms with van der Waals surface area (Å²) in [6.45, 7) is 3.42. The third-order valence-corrected chi connectivity index (χ3v) is 4.12. The average molecular weight is 384 g/mol. The summed E-state index contributed by atoms with van der Waals surface area (Å²) in [5.74, 6) is 0.660. The predicted octanol–water partition coefficient (Wildman–Crippen LogP) is 3.19. The maximum atomic E-state index is 12.3.